The van der Waals surface area contributed by atoms with E-state index in [9.17, 15) is 28.5 Å². The van der Waals surface area contributed by atoms with E-state index in [4.69, 9.17) is 0 Å². The van der Waals surface area contributed by atoms with Gasteiger partial charge in [0.15, 0.2) is 17.2 Å². The van der Waals surface area contributed by atoms with E-state index in [0.717, 1.165) is 23.5 Å². The van der Waals surface area contributed by atoms with Crippen LogP contribution in [0.1, 0.15) is 5.56 Å². The predicted octanol–water partition coefficient (Wildman–Crippen LogP) is 4.10. The first kappa shape index (κ1) is 14.5. The first-order valence-electron chi connectivity index (χ1n) is 5.99. The van der Waals surface area contributed by atoms with Crippen LogP contribution < -0.4 is 0 Å². The summed E-state index contributed by atoms with van der Waals surface area (Å²) in [4.78, 5) is 4.17. The Morgan fingerprint density at radius 3 is 2.18 bits per heavy atom. The fourth-order valence-corrected chi connectivity index (χ4v) is 2.94. The number of halogens is 3. The topological polar surface area (TPSA) is 73.6 Å². The van der Waals surface area contributed by atoms with Crippen LogP contribution in [0.2, 0.25) is 0 Å². The van der Waals surface area contributed by atoms with Crippen molar-refractivity contribution in [3.8, 4) is 27.8 Å². The van der Waals surface area contributed by atoms with Gasteiger partial charge in [0.25, 0.3) is 0 Å². The number of alkyl halides is 3. The van der Waals surface area contributed by atoms with E-state index in [1.54, 1.807) is 0 Å². The second-order valence-corrected chi connectivity index (χ2v) is 5.59. The van der Waals surface area contributed by atoms with Gasteiger partial charge in [-0.1, -0.05) is 0 Å². The lowest BCUT2D eigenvalue weighted by atomic mass is 10.2. The highest BCUT2D eigenvalue weighted by molar-refractivity contribution is 7.21. The predicted molar refractivity (Wildman–Crippen MR) is 75.1 cm³/mol. The smallest absolute Gasteiger partial charge is 0.416 e. The van der Waals surface area contributed by atoms with Gasteiger partial charge in [0.2, 0.25) is 0 Å². The number of hydrogen-bond donors (Lipinski definition) is 3. The molecule has 2 aromatic carbocycles. The van der Waals surface area contributed by atoms with Crippen LogP contribution in [0.15, 0.2) is 30.3 Å². The first-order valence-corrected chi connectivity index (χ1v) is 6.80. The van der Waals surface area contributed by atoms with Crippen molar-refractivity contribution in [2.45, 2.75) is 6.18 Å². The fourth-order valence-electron chi connectivity index (χ4n) is 1.95. The van der Waals surface area contributed by atoms with Crippen molar-refractivity contribution in [1.82, 2.24) is 4.98 Å². The SMILES string of the molecule is Oc1cc(-c2nc3ccc(C(F)(F)F)cc3s2)cc(O)c1O. The third-order valence-corrected chi connectivity index (χ3v) is 4.10. The first-order chi connectivity index (χ1) is 10.3. The van der Waals surface area contributed by atoms with Gasteiger partial charge in [-0.05, 0) is 30.3 Å². The van der Waals surface area contributed by atoms with E-state index in [1.165, 1.54) is 18.2 Å². The molecule has 0 bridgehead atoms. The van der Waals surface area contributed by atoms with Gasteiger partial charge in [-0.15, -0.1) is 11.3 Å². The summed E-state index contributed by atoms with van der Waals surface area (Å²) in [6.45, 7) is 0. The molecule has 1 aromatic heterocycles. The number of aromatic nitrogens is 1. The van der Waals surface area contributed by atoms with Crippen molar-refractivity contribution in [3.63, 3.8) is 0 Å². The van der Waals surface area contributed by atoms with Crippen LogP contribution in [0.5, 0.6) is 17.2 Å². The minimum atomic E-state index is -4.44. The summed E-state index contributed by atoms with van der Waals surface area (Å²) in [5.74, 6) is -1.74. The monoisotopic (exact) mass is 327 g/mol. The Labute approximate surface area is 125 Å². The van der Waals surface area contributed by atoms with Crippen molar-refractivity contribution >= 4 is 21.6 Å². The van der Waals surface area contributed by atoms with Crippen LogP contribution in [-0.4, -0.2) is 20.3 Å². The highest BCUT2D eigenvalue weighted by atomic mass is 32.1. The molecule has 4 nitrogen and oxygen atoms in total. The molecule has 0 saturated heterocycles. The molecule has 0 atom stereocenters. The highest BCUT2D eigenvalue weighted by Gasteiger charge is 2.30. The molecule has 1 heterocycles. The van der Waals surface area contributed by atoms with E-state index in [-0.39, 0.29) is 0 Å². The molecule has 0 aliphatic rings. The number of hydrogen-bond acceptors (Lipinski definition) is 5. The van der Waals surface area contributed by atoms with E-state index in [1.807, 2.05) is 0 Å². The summed E-state index contributed by atoms with van der Waals surface area (Å²) in [7, 11) is 0. The normalized spacial score (nSPS) is 12.0. The number of benzene rings is 2. The molecule has 0 radical (unpaired) electrons. The Kier molecular flexibility index (Phi) is 3.13. The molecule has 114 valence electrons. The van der Waals surface area contributed by atoms with Gasteiger partial charge in [0.1, 0.15) is 5.01 Å². The molecule has 0 spiro atoms. The Morgan fingerprint density at radius 2 is 1.59 bits per heavy atom. The second-order valence-electron chi connectivity index (χ2n) is 4.56. The average molecular weight is 327 g/mol. The maximum atomic E-state index is 12.7. The molecule has 22 heavy (non-hydrogen) atoms. The molecule has 3 N–H and O–H groups in total. The number of phenolic OH excluding ortho intramolecular Hbond substituents is 3. The molecular weight excluding hydrogens is 319 g/mol. The van der Waals surface area contributed by atoms with Gasteiger partial charge in [0, 0.05) is 5.56 Å². The van der Waals surface area contributed by atoms with Gasteiger partial charge in [-0.25, -0.2) is 4.98 Å². The van der Waals surface area contributed by atoms with Gasteiger partial charge in [-0.3, -0.25) is 0 Å². The molecule has 0 amide bonds. The minimum Gasteiger partial charge on any atom is -0.504 e. The third kappa shape index (κ3) is 2.41. The Morgan fingerprint density at radius 1 is 0.955 bits per heavy atom. The summed E-state index contributed by atoms with van der Waals surface area (Å²) in [6, 6.07) is 5.56. The maximum absolute atomic E-state index is 12.7. The highest BCUT2D eigenvalue weighted by Crippen LogP contribution is 2.41. The zero-order valence-corrected chi connectivity index (χ0v) is 11.5. The van der Waals surface area contributed by atoms with Crippen LogP contribution in [0, 0.1) is 0 Å². The second kappa shape index (κ2) is 4.77. The molecule has 3 rings (SSSR count). The molecule has 0 aliphatic carbocycles. The molecule has 0 saturated carbocycles. The lowest BCUT2D eigenvalue weighted by Gasteiger charge is -2.04. The van der Waals surface area contributed by atoms with Crippen LogP contribution in [0.3, 0.4) is 0 Å². The number of thiazole rings is 1. The van der Waals surface area contributed by atoms with Crippen LogP contribution >= 0.6 is 11.3 Å². The van der Waals surface area contributed by atoms with Crippen molar-refractivity contribution in [2.24, 2.45) is 0 Å². The van der Waals surface area contributed by atoms with E-state index in [0.29, 0.717) is 20.8 Å². The number of phenols is 3. The minimum absolute atomic E-state index is 0.294. The summed E-state index contributed by atoms with van der Waals surface area (Å²) >= 11 is 0.989. The average Bonchev–Trinajstić information content (AvgIpc) is 2.86. The Hall–Kier alpha value is -2.48. The number of nitrogens with zero attached hydrogens (tertiary/aromatic N) is 1. The standard InChI is InChI=1S/C14H8F3NO3S/c15-14(16,17)7-1-2-8-11(5-7)22-13(18-8)6-3-9(19)12(21)10(20)4-6/h1-5,19-21H. The molecular formula is C14H8F3NO3S. The number of aromatic hydroxyl groups is 3. The summed E-state index contributed by atoms with van der Waals surface area (Å²) in [6.07, 6.45) is -4.44. The van der Waals surface area contributed by atoms with Crippen LogP contribution in [0.4, 0.5) is 13.2 Å². The summed E-state index contributed by atoms with van der Waals surface area (Å²) in [5.41, 5.74) is -0.103. The van der Waals surface area contributed by atoms with E-state index >= 15 is 0 Å². The zero-order valence-electron chi connectivity index (χ0n) is 10.7. The molecule has 8 heteroatoms. The Bertz CT molecular complexity index is 850. The number of fused-ring (bicyclic) bond motifs is 1. The van der Waals surface area contributed by atoms with Gasteiger partial charge >= 0.3 is 6.18 Å². The quantitative estimate of drug-likeness (QED) is 0.588. The van der Waals surface area contributed by atoms with Crippen molar-refractivity contribution < 1.29 is 28.5 Å². The van der Waals surface area contributed by atoms with Crippen molar-refractivity contribution in [1.29, 1.82) is 0 Å². The molecule has 0 unspecified atom stereocenters. The summed E-state index contributed by atoms with van der Waals surface area (Å²) < 4.78 is 38.4. The fraction of sp³-hybridized carbons (Fsp3) is 0.0714. The molecule has 0 fully saturated rings. The van der Waals surface area contributed by atoms with E-state index < -0.39 is 29.0 Å². The van der Waals surface area contributed by atoms with Crippen molar-refractivity contribution in [3.05, 3.63) is 35.9 Å². The number of rotatable bonds is 1. The third-order valence-electron chi connectivity index (χ3n) is 3.03. The summed E-state index contributed by atoms with van der Waals surface area (Å²) in [5, 5.41) is 28.6. The lowest BCUT2D eigenvalue weighted by Crippen LogP contribution is -2.03. The van der Waals surface area contributed by atoms with E-state index in [2.05, 4.69) is 4.98 Å². The largest absolute Gasteiger partial charge is 0.504 e. The molecule has 3 aromatic rings. The van der Waals surface area contributed by atoms with Crippen LogP contribution in [-0.2, 0) is 6.18 Å². The van der Waals surface area contributed by atoms with Gasteiger partial charge < -0.3 is 15.3 Å². The molecule has 0 aliphatic heterocycles. The van der Waals surface area contributed by atoms with Gasteiger partial charge in [0.05, 0.1) is 15.8 Å². The maximum Gasteiger partial charge on any atom is 0.416 e. The zero-order chi connectivity index (χ0) is 16.1. The van der Waals surface area contributed by atoms with Crippen LogP contribution in [0.25, 0.3) is 20.8 Å². The lowest BCUT2D eigenvalue weighted by molar-refractivity contribution is -0.137. The Balaban J connectivity index is 2.13. The van der Waals surface area contributed by atoms with Gasteiger partial charge in [-0.2, -0.15) is 13.2 Å². The van der Waals surface area contributed by atoms with Crippen molar-refractivity contribution in [2.75, 3.05) is 0 Å².